The number of nitrogens with one attached hydrogen (secondary N) is 1. The molecule has 0 unspecified atom stereocenters. The van der Waals surface area contributed by atoms with Crippen LogP contribution in [0.25, 0.3) is 0 Å². The summed E-state index contributed by atoms with van der Waals surface area (Å²) in [5.41, 5.74) is 5.19. The molecule has 8 heteroatoms. The van der Waals surface area contributed by atoms with Gasteiger partial charge in [0.05, 0.1) is 17.7 Å². The number of anilines is 1. The van der Waals surface area contributed by atoms with Crippen molar-refractivity contribution < 1.29 is 13.2 Å². The van der Waals surface area contributed by atoms with Crippen molar-refractivity contribution in [3.8, 4) is 0 Å². The summed E-state index contributed by atoms with van der Waals surface area (Å²) in [5.74, 6) is -0.511. The molecule has 0 atom stereocenters. The fourth-order valence-corrected chi connectivity index (χ4v) is 3.57. The van der Waals surface area contributed by atoms with Crippen LogP contribution >= 0.6 is 22.6 Å². The molecule has 2 aromatic rings. The lowest BCUT2D eigenvalue weighted by molar-refractivity contribution is -0.119. The summed E-state index contributed by atoms with van der Waals surface area (Å²) in [6.45, 7) is 3.23. The number of hydrogen-bond donors (Lipinski definition) is 1. The topological polar surface area (TPSA) is 78.8 Å². The molecule has 1 N–H and O–H groups in total. The quantitative estimate of drug-likeness (QED) is 0.389. The molecular weight excluding hydrogens is 465 g/mol. The monoisotopic (exact) mass is 485 g/mol. The Morgan fingerprint density at radius 2 is 1.77 bits per heavy atom. The van der Waals surface area contributed by atoms with Gasteiger partial charge < -0.3 is 0 Å². The number of carbonyl (C=O) groups is 1. The van der Waals surface area contributed by atoms with E-state index in [1.807, 2.05) is 30.3 Å². The Labute approximate surface area is 167 Å². The molecular formula is C18H20IN3O3S. The standard InChI is InChI=1S/C18H20IN3O3S/c1-13-6-4-5-7-17(13)22(26(3,24)25)12-18(23)21-20-14(2)15-8-10-16(19)11-9-15/h4-11H,12H2,1-3H3,(H,21,23)/b20-14-. The van der Waals surface area contributed by atoms with Gasteiger partial charge in [-0.2, -0.15) is 5.10 Å². The Bertz CT molecular complexity index is 925. The van der Waals surface area contributed by atoms with Crippen LogP contribution in [-0.4, -0.2) is 32.8 Å². The minimum absolute atomic E-state index is 0.340. The van der Waals surface area contributed by atoms with Crippen molar-refractivity contribution in [1.29, 1.82) is 0 Å². The maximum absolute atomic E-state index is 12.2. The van der Waals surface area contributed by atoms with Gasteiger partial charge in [0.15, 0.2) is 0 Å². The molecule has 1 amide bonds. The van der Waals surface area contributed by atoms with Gasteiger partial charge in [0.25, 0.3) is 5.91 Å². The van der Waals surface area contributed by atoms with Crippen molar-refractivity contribution in [2.75, 3.05) is 17.1 Å². The predicted molar refractivity (Wildman–Crippen MR) is 113 cm³/mol. The second kappa shape index (κ2) is 8.63. The van der Waals surface area contributed by atoms with Crippen molar-refractivity contribution in [3.63, 3.8) is 0 Å². The van der Waals surface area contributed by atoms with E-state index in [4.69, 9.17) is 0 Å². The number of nitrogens with zero attached hydrogens (tertiary/aromatic N) is 2. The van der Waals surface area contributed by atoms with Crippen LogP contribution in [0.1, 0.15) is 18.1 Å². The lowest BCUT2D eigenvalue weighted by atomic mass is 10.1. The van der Waals surface area contributed by atoms with E-state index in [9.17, 15) is 13.2 Å². The Kier molecular flexibility index (Phi) is 6.76. The lowest BCUT2D eigenvalue weighted by Crippen LogP contribution is -2.39. The summed E-state index contributed by atoms with van der Waals surface area (Å²) < 4.78 is 26.4. The van der Waals surface area contributed by atoms with E-state index in [1.54, 1.807) is 32.0 Å². The smallest absolute Gasteiger partial charge is 0.260 e. The largest absolute Gasteiger partial charge is 0.271 e. The van der Waals surface area contributed by atoms with Crippen molar-refractivity contribution in [3.05, 3.63) is 63.2 Å². The molecule has 0 saturated carbocycles. The number of carbonyl (C=O) groups excluding carboxylic acids is 1. The van der Waals surface area contributed by atoms with Crippen LogP contribution in [0.15, 0.2) is 53.6 Å². The summed E-state index contributed by atoms with van der Waals surface area (Å²) in [6.07, 6.45) is 1.08. The molecule has 6 nitrogen and oxygen atoms in total. The third kappa shape index (κ3) is 5.53. The van der Waals surface area contributed by atoms with Crippen LogP contribution in [0.3, 0.4) is 0 Å². The van der Waals surface area contributed by atoms with Crippen LogP contribution in [-0.2, 0) is 14.8 Å². The average molecular weight is 485 g/mol. The van der Waals surface area contributed by atoms with Gasteiger partial charge in [0.1, 0.15) is 6.54 Å². The number of rotatable bonds is 6. The molecule has 0 aliphatic rings. The Balaban J connectivity index is 2.14. The van der Waals surface area contributed by atoms with E-state index in [-0.39, 0.29) is 6.54 Å². The molecule has 2 rings (SSSR count). The summed E-state index contributed by atoms with van der Waals surface area (Å²) in [6, 6.07) is 14.7. The van der Waals surface area contributed by atoms with Gasteiger partial charge in [-0.3, -0.25) is 9.10 Å². The van der Waals surface area contributed by atoms with E-state index < -0.39 is 15.9 Å². The molecule has 0 radical (unpaired) electrons. The Morgan fingerprint density at radius 1 is 1.15 bits per heavy atom. The predicted octanol–water partition coefficient (Wildman–Crippen LogP) is 2.91. The van der Waals surface area contributed by atoms with Gasteiger partial charge in [-0.05, 0) is 65.8 Å². The SMILES string of the molecule is C/C(=N/NC(=O)CN(c1ccccc1C)S(C)(=O)=O)c1ccc(I)cc1. The molecule has 0 aliphatic carbocycles. The van der Waals surface area contributed by atoms with Gasteiger partial charge in [0, 0.05) is 3.57 Å². The third-order valence-electron chi connectivity index (χ3n) is 3.68. The second-order valence-electron chi connectivity index (χ2n) is 5.80. The van der Waals surface area contributed by atoms with E-state index in [0.717, 1.165) is 25.3 Å². The summed E-state index contributed by atoms with van der Waals surface area (Å²) in [5, 5.41) is 4.07. The second-order valence-corrected chi connectivity index (χ2v) is 8.95. The van der Waals surface area contributed by atoms with Crippen LogP contribution in [0.4, 0.5) is 5.69 Å². The molecule has 0 spiro atoms. The zero-order chi connectivity index (χ0) is 19.3. The normalized spacial score (nSPS) is 11.9. The fraction of sp³-hybridized carbons (Fsp3) is 0.222. The number of para-hydroxylation sites is 1. The molecule has 0 fully saturated rings. The number of aryl methyl sites for hydroxylation is 1. The van der Waals surface area contributed by atoms with Crippen LogP contribution in [0.5, 0.6) is 0 Å². The molecule has 0 aliphatic heterocycles. The van der Waals surface area contributed by atoms with E-state index in [1.165, 1.54) is 0 Å². The van der Waals surface area contributed by atoms with Crippen molar-refractivity contribution in [2.45, 2.75) is 13.8 Å². The zero-order valence-corrected chi connectivity index (χ0v) is 17.7. The van der Waals surface area contributed by atoms with E-state index in [0.29, 0.717) is 11.4 Å². The first-order chi connectivity index (χ1) is 12.2. The third-order valence-corrected chi connectivity index (χ3v) is 5.53. The van der Waals surface area contributed by atoms with Gasteiger partial charge in [-0.25, -0.2) is 13.8 Å². The lowest BCUT2D eigenvalue weighted by Gasteiger charge is -2.23. The van der Waals surface area contributed by atoms with Crippen molar-refractivity contribution >= 4 is 49.9 Å². The van der Waals surface area contributed by atoms with Crippen LogP contribution in [0, 0.1) is 10.5 Å². The molecule has 0 heterocycles. The molecule has 26 heavy (non-hydrogen) atoms. The van der Waals surface area contributed by atoms with Crippen molar-refractivity contribution in [1.82, 2.24) is 5.43 Å². The Hall–Kier alpha value is -1.94. The molecule has 0 saturated heterocycles. The highest BCUT2D eigenvalue weighted by Gasteiger charge is 2.22. The number of hydrazone groups is 1. The van der Waals surface area contributed by atoms with Crippen molar-refractivity contribution in [2.24, 2.45) is 5.10 Å². The first-order valence-electron chi connectivity index (χ1n) is 7.81. The fourth-order valence-electron chi connectivity index (χ4n) is 2.29. The number of amides is 1. The summed E-state index contributed by atoms with van der Waals surface area (Å²) >= 11 is 2.21. The number of halogens is 1. The maximum Gasteiger partial charge on any atom is 0.260 e. The first-order valence-corrected chi connectivity index (χ1v) is 10.7. The number of sulfonamides is 1. The molecule has 0 bridgehead atoms. The molecule has 138 valence electrons. The van der Waals surface area contributed by atoms with E-state index in [2.05, 4.69) is 33.1 Å². The highest BCUT2D eigenvalue weighted by molar-refractivity contribution is 14.1. The van der Waals surface area contributed by atoms with Crippen LogP contribution in [0.2, 0.25) is 0 Å². The Morgan fingerprint density at radius 3 is 2.35 bits per heavy atom. The van der Waals surface area contributed by atoms with Gasteiger partial charge in [0.2, 0.25) is 10.0 Å². The first kappa shape index (κ1) is 20.4. The molecule has 2 aromatic carbocycles. The number of benzene rings is 2. The highest BCUT2D eigenvalue weighted by Crippen LogP contribution is 2.21. The van der Waals surface area contributed by atoms with Crippen LogP contribution < -0.4 is 9.73 Å². The minimum Gasteiger partial charge on any atom is -0.271 e. The zero-order valence-electron chi connectivity index (χ0n) is 14.7. The van der Waals surface area contributed by atoms with E-state index >= 15 is 0 Å². The summed E-state index contributed by atoms with van der Waals surface area (Å²) in [7, 11) is -3.61. The highest BCUT2D eigenvalue weighted by atomic mass is 127. The van der Waals surface area contributed by atoms with Gasteiger partial charge in [-0.15, -0.1) is 0 Å². The average Bonchev–Trinajstić information content (AvgIpc) is 2.58. The molecule has 0 aromatic heterocycles. The minimum atomic E-state index is -3.61. The maximum atomic E-state index is 12.2. The van der Waals surface area contributed by atoms with Gasteiger partial charge in [-0.1, -0.05) is 30.3 Å². The van der Waals surface area contributed by atoms with Gasteiger partial charge >= 0.3 is 0 Å². The summed E-state index contributed by atoms with van der Waals surface area (Å²) in [4.78, 5) is 12.2. The number of hydrogen-bond acceptors (Lipinski definition) is 4.